The first kappa shape index (κ1) is 8.97. The monoisotopic (exact) mass is 255 g/mol. The number of benzene rings is 1. The highest BCUT2D eigenvalue weighted by Crippen LogP contribution is 2.26. The lowest BCUT2D eigenvalue weighted by atomic mass is 10.1. The maximum absolute atomic E-state index is 6.11. The van der Waals surface area contributed by atoms with Crippen molar-refractivity contribution in [2.75, 3.05) is 0 Å². The molecule has 0 bridgehead atoms. The molecule has 0 aliphatic heterocycles. The van der Waals surface area contributed by atoms with E-state index in [1.54, 1.807) is 0 Å². The fourth-order valence-corrected chi connectivity index (χ4v) is 1.75. The van der Waals surface area contributed by atoms with Gasteiger partial charge in [0, 0.05) is 5.39 Å². The van der Waals surface area contributed by atoms with Gasteiger partial charge in [-0.3, -0.25) is 0 Å². The van der Waals surface area contributed by atoms with Gasteiger partial charge in [0.05, 0.1) is 10.5 Å². The van der Waals surface area contributed by atoms with Gasteiger partial charge < -0.3 is 0 Å². The first-order valence-electron chi connectivity index (χ1n) is 3.90. The van der Waals surface area contributed by atoms with Crippen molar-refractivity contribution in [3.63, 3.8) is 0 Å². The van der Waals surface area contributed by atoms with Crippen LogP contribution in [0, 0.1) is 6.92 Å². The van der Waals surface area contributed by atoms with E-state index in [1.807, 2.05) is 31.2 Å². The van der Waals surface area contributed by atoms with Crippen molar-refractivity contribution in [2.24, 2.45) is 0 Å². The van der Waals surface area contributed by atoms with E-state index in [1.165, 1.54) is 0 Å². The van der Waals surface area contributed by atoms with Crippen LogP contribution in [-0.4, -0.2) is 4.98 Å². The van der Waals surface area contributed by atoms with Gasteiger partial charge in [0.2, 0.25) is 0 Å². The number of hydrogen-bond donors (Lipinski definition) is 0. The fraction of sp³-hybridized carbons (Fsp3) is 0.100. The first-order chi connectivity index (χ1) is 6.18. The number of nitrogens with zero attached hydrogens (tertiary/aromatic N) is 1. The Morgan fingerprint density at radius 2 is 1.92 bits per heavy atom. The largest absolute Gasteiger partial charge is 0.239 e. The fourth-order valence-electron chi connectivity index (χ4n) is 1.23. The van der Waals surface area contributed by atoms with Crippen molar-refractivity contribution in [2.45, 2.75) is 6.92 Å². The Bertz CT molecular complexity index is 462. The summed E-state index contributed by atoms with van der Waals surface area (Å²) in [7, 11) is 0. The van der Waals surface area contributed by atoms with Gasteiger partial charge in [0.1, 0.15) is 4.60 Å². The van der Waals surface area contributed by atoms with Gasteiger partial charge in [0.25, 0.3) is 0 Å². The van der Waals surface area contributed by atoms with Gasteiger partial charge in [-0.2, -0.15) is 0 Å². The van der Waals surface area contributed by atoms with Gasteiger partial charge in [-0.25, -0.2) is 4.98 Å². The van der Waals surface area contributed by atoms with Crippen molar-refractivity contribution in [3.8, 4) is 0 Å². The first-order valence-corrected chi connectivity index (χ1v) is 5.07. The van der Waals surface area contributed by atoms with Crippen LogP contribution in [-0.2, 0) is 0 Å². The van der Waals surface area contributed by atoms with E-state index in [4.69, 9.17) is 11.6 Å². The Hall–Kier alpha value is -0.600. The number of aryl methyl sites for hydroxylation is 1. The minimum Gasteiger partial charge on any atom is -0.239 e. The molecule has 0 spiro atoms. The molecule has 2 rings (SSSR count). The predicted molar refractivity (Wildman–Crippen MR) is 59.2 cm³/mol. The number of halogens is 2. The van der Waals surface area contributed by atoms with Crippen LogP contribution in [0.2, 0.25) is 5.02 Å². The second-order valence-corrected chi connectivity index (χ2v) is 4.09. The lowest BCUT2D eigenvalue weighted by Gasteiger charge is -2.02. The number of rotatable bonds is 0. The Kier molecular flexibility index (Phi) is 2.26. The second-order valence-electron chi connectivity index (χ2n) is 2.90. The summed E-state index contributed by atoms with van der Waals surface area (Å²) in [5.41, 5.74) is 1.91. The van der Waals surface area contributed by atoms with Gasteiger partial charge in [-0.1, -0.05) is 29.8 Å². The molecular weight excluding hydrogens is 249 g/mol. The van der Waals surface area contributed by atoms with E-state index in [-0.39, 0.29) is 0 Å². The molecule has 0 N–H and O–H groups in total. The summed E-state index contributed by atoms with van der Waals surface area (Å²) < 4.78 is 0.813. The highest BCUT2D eigenvalue weighted by Gasteiger charge is 2.03. The van der Waals surface area contributed by atoms with Crippen molar-refractivity contribution in [1.29, 1.82) is 0 Å². The topological polar surface area (TPSA) is 12.9 Å². The van der Waals surface area contributed by atoms with Crippen LogP contribution in [0.4, 0.5) is 0 Å². The third-order valence-electron chi connectivity index (χ3n) is 1.96. The van der Waals surface area contributed by atoms with E-state index < -0.39 is 0 Å². The zero-order valence-electron chi connectivity index (χ0n) is 7.01. The quantitative estimate of drug-likeness (QED) is 0.650. The molecule has 66 valence electrons. The van der Waals surface area contributed by atoms with Crippen LogP contribution in [0.1, 0.15) is 5.56 Å². The molecule has 1 aromatic carbocycles. The van der Waals surface area contributed by atoms with Gasteiger partial charge >= 0.3 is 0 Å². The molecule has 0 fully saturated rings. The highest BCUT2D eigenvalue weighted by molar-refractivity contribution is 9.10. The van der Waals surface area contributed by atoms with Gasteiger partial charge in [-0.15, -0.1) is 0 Å². The van der Waals surface area contributed by atoms with Crippen LogP contribution in [0.25, 0.3) is 10.9 Å². The molecule has 2 aromatic rings. The maximum Gasteiger partial charge on any atom is 0.106 e. The SMILES string of the molecule is Cc1ccc2ccc(Br)nc2c1Cl. The third kappa shape index (κ3) is 1.56. The summed E-state index contributed by atoms with van der Waals surface area (Å²) in [6.45, 7) is 1.98. The van der Waals surface area contributed by atoms with E-state index in [9.17, 15) is 0 Å². The zero-order chi connectivity index (χ0) is 9.42. The van der Waals surface area contributed by atoms with Crippen LogP contribution >= 0.6 is 27.5 Å². The number of aromatic nitrogens is 1. The zero-order valence-corrected chi connectivity index (χ0v) is 9.35. The summed E-state index contributed by atoms with van der Waals surface area (Å²) in [4.78, 5) is 4.32. The maximum atomic E-state index is 6.11. The molecule has 0 saturated heterocycles. The summed E-state index contributed by atoms with van der Waals surface area (Å²) in [6.07, 6.45) is 0. The van der Waals surface area contributed by atoms with E-state index in [0.717, 1.165) is 26.1 Å². The minimum atomic E-state index is 0.735. The van der Waals surface area contributed by atoms with Crippen LogP contribution in [0.5, 0.6) is 0 Å². The molecule has 0 unspecified atom stereocenters. The Morgan fingerprint density at radius 1 is 1.23 bits per heavy atom. The number of pyridine rings is 1. The molecule has 0 atom stereocenters. The molecule has 3 heteroatoms. The molecule has 0 aliphatic carbocycles. The second kappa shape index (κ2) is 3.28. The minimum absolute atomic E-state index is 0.735. The average molecular weight is 257 g/mol. The van der Waals surface area contributed by atoms with E-state index >= 15 is 0 Å². The molecule has 1 aromatic heterocycles. The molecule has 1 nitrogen and oxygen atoms in total. The van der Waals surface area contributed by atoms with Crippen molar-refractivity contribution in [3.05, 3.63) is 39.5 Å². The smallest absolute Gasteiger partial charge is 0.106 e. The lowest BCUT2D eigenvalue weighted by molar-refractivity contribution is 1.34. The Morgan fingerprint density at radius 3 is 2.69 bits per heavy atom. The average Bonchev–Trinajstić information content (AvgIpc) is 2.12. The summed E-state index contributed by atoms with van der Waals surface area (Å²) >= 11 is 9.44. The van der Waals surface area contributed by atoms with Crippen molar-refractivity contribution < 1.29 is 0 Å². The van der Waals surface area contributed by atoms with Crippen LogP contribution in [0.15, 0.2) is 28.9 Å². The van der Waals surface area contributed by atoms with E-state index in [2.05, 4.69) is 20.9 Å². The van der Waals surface area contributed by atoms with Crippen LogP contribution in [0.3, 0.4) is 0 Å². The summed E-state index contributed by atoms with van der Waals surface area (Å²) in [6, 6.07) is 7.93. The van der Waals surface area contributed by atoms with Crippen molar-refractivity contribution in [1.82, 2.24) is 4.98 Å². The lowest BCUT2D eigenvalue weighted by Crippen LogP contribution is -1.83. The molecule has 13 heavy (non-hydrogen) atoms. The summed E-state index contributed by atoms with van der Waals surface area (Å²) in [5.74, 6) is 0. The number of fused-ring (bicyclic) bond motifs is 1. The molecular formula is C10H7BrClN. The third-order valence-corrected chi connectivity index (χ3v) is 2.88. The molecule has 0 amide bonds. The Labute approximate surface area is 89.9 Å². The van der Waals surface area contributed by atoms with Gasteiger partial charge in [-0.05, 0) is 34.5 Å². The van der Waals surface area contributed by atoms with Gasteiger partial charge in [0.15, 0.2) is 0 Å². The van der Waals surface area contributed by atoms with Crippen LogP contribution < -0.4 is 0 Å². The molecule has 0 radical (unpaired) electrons. The normalized spacial score (nSPS) is 10.7. The predicted octanol–water partition coefficient (Wildman–Crippen LogP) is 3.96. The van der Waals surface area contributed by atoms with E-state index in [0.29, 0.717) is 0 Å². The molecule has 1 heterocycles. The number of hydrogen-bond acceptors (Lipinski definition) is 1. The molecule has 0 aliphatic rings. The molecule has 0 saturated carbocycles. The Balaban J connectivity index is 2.89. The standard InChI is InChI=1S/C10H7BrClN/c1-6-2-3-7-4-5-8(11)13-10(7)9(6)12/h2-5H,1H3. The van der Waals surface area contributed by atoms with Crippen molar-refractivity contribution >= 4 is 38.4 Å². The summed E-state index contributed by atoms with van der Waals surface area (Å²) in [5, 5.41) is 1.80. The highest BCUT2D eigenvalue weighted by atomic mass is 79.9.